The summed E-state index contributed by atoms with van der Waals surface area (Å²) < 4.78 is 41.0. The molecule has 0 spiro atoms. The number of halogens is 1. The van der Waals surface area contributed by atoms with Gasteiger partial charge in [-0.2, -0.15) is 0 Å². The largest absolute Gasteiger partial charge is 0.348 e. The number of carbonyl (C=O) groups excluding carboxylic acids is 1. The molecule has 0 aliphatic carbocycles. The third-order valence-corrected chi connectivity index (χ3v) is 6.28. The van der Waals surface area contributed by atoms with Crippen molar-refractivity contribution in [3.63, 3.8) is 0 Å². The zero-order valence-corrected chi connectivity index (χ0v) is 19.0. The molecule has 6 nitrogen and oxygen atoms in total. The number of hydrogen-bond donors (Lipinski definition) is 2. The van der Waals surface area contributed by atoms with E-state index in [-0.39, 0.29) is 22.1 Å². The molecule has 0 saturated carbocycles. The number of nitrogens with one attached hydrogen (secondary N) is 2. The van der Waals surface area contributed by atoms with E-state index in [9.17, 15) is 17.6 Å². The first-order valence-electron chi connectivity index (χ1n) is 10.0. The maximum absolute atomic E-state index is 13.1. The lowest BCUT2D eigenvalue weighted by molar-refractivity contribution is 0.0950. The lowest BCUT2D eigenvalue weighted by Gasteiger charge is -2.15. The Morgan fingerprint density at radius 2 is 1.62 bits per heavy atom. The quantitative estimate of drug-likeness (QED) is 0.540. The van der Waals surface area contributed by atoms with E-state index in [2.05, 4.69) is 10.0 Å². The molecule has 0 aliphatic heterocycles. The van der Waals surface area contributed by atoms with Crippen molar-refractivity contribution in [3.05, 3.63) is 94.8 Å². The molecule has 0 radical (unpaired) electrons. The van der Waals surface area contributed by atoms with Gasteiger partial charge in [-0.3, -0.25) is 9.52 Å². The zero-order chi connectivity index (χ0) is 23.3. The fraction of sp³-hybridized carbons (Fsp3) is 0.208. The third kappa shape index (κ3) is 5.93. The molecule has 168 valence electrons. The lowest BCUT2D eigenvalue weighted by atomic mass is 10.1. The average molecular weight is 456 g/mol. The molecule has 3 rings (SSSR count). The molecule has 1 amide bonds. The van der Waals surface area contributed by atoms with E-state index in [0.717, 1.165) is 17.7 Å². The number of nitrogens with zero attached hydrogens (tertiary/aromatic N) is 1. The van der Waals surface area contributed by atoms with Crippen LogP contribution in [-0.4, -0.2) is 33.3 Å². The number of amides is 1. The minimum absolute atomic E-state index is 0.0504. The van der Waals surface area contributed by atoms with E-state index >= 15 is 0 Å². The van der Waals surface area contributed by atoms with Gasteiger partial charge < -0.3 is 10.2 Å². The second-order valence-corrected chi connectivity index (χ2v) is 9.46. The highest BCUT2D eigenvalue weighted by Gasteiger charge is 2.18. The van der Waals surface area contributed by atoms with E-state index in [4.69, 9.17) is 0 Å². The summed E-state index contributed by atoms with van der Waals surface area (Å²) >= 11 is 0. The van der Waals surface area contributed by atoms with Gasteiger partial charge in [0.25, 0.3) is 15.9 Å². The topological polar surface area (TPSA) is 78.5 Å². The number of benzene rings is 3. The lowest BCUT2D eigenvalue weighted by Crippen LogP contribution is -2.25. The highest BCUT2D eigenvalue weighted by Crippen LogP contribution is 2.20. The Morgan fingerprint density at radius 3 is 2.28 bits per heavy atom. The standard InChI is InChI=1S/C24H26FN3O3S/c1-17-8-13-22(32(30,31)27-21-11-9-20(25)10-12-21)14-23(17)24(29)26-15-18-6-4-5-7-19(18)16-28(2)3/h4-14,27H,15-16H2,1-3H3,(H,26,29). The summed E-state index contributed by atoms with van der Waals surface area (Å²) in [5, 5.41) is 2.89. The van der Waals surface area contributed by atoms with Gasteiger partial charge in [0.1, 0.15) is 5.82 Å². The molecule has 0 unspecified atom stereocenters. The van der Waals surface area contributed by atoms with Crippen LogP contribution in [0.25, 0.3) is 0 Å². The van der Waals surface area contributed by atoms with Crippen molar-refractivity contribution in [3.8, 4) is 0 Å². The van der Waals surface area contributed by atoms with Gasteiger partial charge in [0, 0.05) is 24.3 Å². The smallest absolute Gasteiger partial charge is 0.261 e. The molecule has 32 heavy (non-hydrogen) atoms. The maximum Gasteiger partial charge on any atom is 0.261 e. The Bertz CT molecular complexity index is 1210. The minimum atomic E-state index is -3.94. The third-order valence-electron chi connectivity index (χ3n) is 4.90. The number of anilines is 1. The van der Waals surface area contributed by atoms with Crippen molar-refractivity contribution in [2.24, 2.45) is 0 Å². The number of carbonyl (C=O) groups is 1. The van der Waals surface area contributed by atoms with Crippen LogP contribution >= 0.6 is 0 Å². The van der Waals surface area contributed by atoms with Gasteiger partial charge in [0.15, 0.2) is 0 Å². The van der Waals surface area contributed by atoms with E-state index < -0.39 is 15.8 Å². The van der Waals surface area contributed by atoms with Crippen molar-refractivity contribution >= 4 is 21.6 Å². The first kappa shape index (κ1) is 23.4. The average Bonchev–Trinajstić information content (AvgIpc) is 2.74. The van der Waals surface area contributed by atoms with Crippen LogP contribution in [-0.2, 0) is 23.1 Å². The van der Waals surface area contributed by atoms with E-state index in [1.165, 1.54) is 36.4 Å². The Morgan fingerprint density at radius 1 is 0.969 bits per heavy atom. The fourth-order valence-corrected chi connectivity index (χ4v) is 4.32. The molecule has 0 aliphatic rings. The molecule has 0 atom stereocenters. The number of aryl methyl sites for hydroxylation is 1. The van der Waals surface area contributed by atoms with Crippen LogP contribution in [0.15, 0.2) is 71.6 Å². The number of sulfonamides is 1. The van der Waals surface area contributed by atoms with Gasteiger partial charge in [0.05, 0.1) is 4.90 Å². The summed E-state index contributed by atoms with van der Waals surface area (Å²) in [5.41, 5.74) is 3.26. The monoisotopic (exact) mass is 455 g/mol. The Kier molecular flexibility index (Phi) is 7.27. The highest BCUT2D eigenvalue weighted by molar-refractivity contribution is 7.92. The van der Waals surface area contributed by atoms with Crippen molar-refractivity contribution < 1.29 is 17.6 Å². The van der Waals surface area contributed by atoms with Gasteiger partial charge in [-0.05, 0) is 74.1 Å². The van der Waals surface area contributed by atoms with Crippen LogP contribution in [0.1, 0.15) is 27.0 Å². The molecule has 0 aromatic heterocycles. The van der Waals surface area contributed by atoms with Gasteiger partial charge >= 0.3 is 0 Å². The number of rotatable bonds is 8. The van der Waals surface area contributed by atoms with Crippen molar-refractivity contribution in [2.75, 3.05) is 18.8 Å². The molecule has 0 fully saturated rings. The summed E-state index contributed by atoms with van der Waals surface area (Å²) in [6.07, 6.45) is 0. The fourth-order valence-electron chi connectivity index (χ4n) is 3.24. The predicted molar refractivity (Wildman–Crippen MR) is 123 cm³/mol. The van der Waals surface area contributed by atoms with Crippen LogP contribution in [0.4, 0.5) is 10.1 Å². The first-order valence-corrected chi connectivity index (χ1v) is 11.5. The molecule has 3 aromatic carbocycles. The number of hydrogen-bond acceptors (Lipinski definition) is 4. The normalized spacial score (nSPS) is 11.4. The molecule has 2 N–H and O–H groups in total. The van der Waals surface area contributed by atoms with Gasteiger partial charge in [-0.25, -0.2) is 12.8 Å². The predicted octanol–water partition coefficient (Wildman–Crippen LogP) is 3.93. The van der Waals surface area contributed by atoms with Crippen LogP contribution in [0, 0.1) is 12.7 Å². The molecular formula is C24H26FN3O3S. The van der Waals surface area contributed by atoms with Crippen LogP contribution in [0.2, 0.25) is 0 Å². The molecule has 8 heteroatoms. The van der Waals surface area contributed by atoms with E-state index in [1.807, 2.05) is 43.3 Å². The van der Waals surface area contributed by atoms with E-state index in [1.54, 1.807) is 13.0 Å². The molecular weight excluding hydrogens is 429 g/mol. The second-order valence-electron chi connectivity index (χ2n) is 7.78. The Hall–Kier alpha value is -3.23. The minimum Gasteiger partial charge on any atom is -0.348 e. The van der Waals surface area contributed by atoms with Crippen LogP contribution in [0.5, 0.6) is 0 Å². The summed E-state index contributed by atoms with van der Waals surface area (Å²) in [7, 11) is 0.00941. The van der Waals surface area contributed by atoms with Gasteiger partial charge in [-0.15, -0.1) is 0 Å². The van der Waals surface area contributed by atoms with Gasteiger partial charge in [-0.1, -0.05) is 30.3 Å². The molecule has 0 saturated heterocycles. The van der Waals surface area contributed by atoms with E-state index in [0.29, 0.717) is 12.1 Å². The SMILES string of the molecule is Cc1ccc(S(=O)(=O)Nc2ccc(F)cc2)cc1C(=O)NCc1ccccc1CN(C)C. The zero-order valence-electron chi connectivity index (χ0n) is 18.2. The maximum atomic E-state index is 13.1. The summed E-state index contributed by atoms with van der Waals surface area (Å²) in [4.78, 5) is 14.9. The van der Waals surface area contributed by atoms with Crippen LogP contribution in [0.3, 0.4) is 0 Å². The van der Waals surface area contributed by atoms with Crippen LogP contribution < -0.4 is 10.0 Å². The molecule has 0 heterocycles. The second kappa shape index (κ2) is 9.93. The van der Waals surface area contributed by atoms with Crippen molar-refractivity contribution in [2.45, 2.75) is 24.9 Å². The summed E-state index contributed by atoms with van der Waals surface area (Å²) in [5.74, 6) is -0.824. The van der Waals surface area contributed by atoms with Gasteiger partial charge in [0.2, 0.25) is 0 Å². The molecule has 3 aromatic rings. The Labute approximate surface area is 188 Å². The summed E-state index contributed by atoms with van der Waals surface area (Å²) in [6.45, 7) is 2.82. The van der Waals surface area contributed by atoms with Crippen molar-refractivity contribution in [1.82, 2.24) is 10.2 Å². The summed E-state index contributed by atoms with van der Waals surface area (Å²) in [6, 6.07) is 17.2. The Balaban J connectivity index is 1.78. The first-order chi connectivity index (χ1) is 15.2. The highest BCUT2D eigenvalue weighted by atomic mass is 32.2. The van der Waals surface area contributed by atoms with Crippen molar-refractivity contribution in [1.29, 1.82) is 0 Å². The molecule has 0 bridgehead atoms.